The van der Waals surface area contributed by atoms with Crippen LogP contribution in [-0.4, -0.2) is 23.9 Å². The molecule has 0 amide bonds. The molecule has 3 rings (SSSR count). The lowest BCUT2D eigenvalue weighted by atomic mass is 10.1. The van der Waals surface area contributed by atoms with Gasteiger partial charge in [0, 0.05) is 34.6 Å². The Morgan fingerprint density at radius 1 is 1.39 bits per heavy atom. The Labute approximate surface area is 117 Å². The van der Waals surface area contributed by atoms with Gasteiger partial charge in [-0.15, -0.1) is 12.4 Å². The van der Waals surface area contributed by atoms with Gasteiger partial charge in [0.15, 0.2) is 0 Å². The first-order chi connectivity index (χ1) is 8.24. The molecule has 0 bridgehead atoms. The molecule has 1 aromatic heterocycles. The molecule has 0 unspecified atom stereocenters. The smallest absolute Gasteiger partial charge is 0.101 e. The van der Waals surface area contributed by atoms with E-state index < -0.39 is 0 Å². The molecule has 0 saturated carbocycles. The topological polar surface area (TPSA) is 40.2 Å². The maximum Gasteiger partial charge on any atom is 0.101 e. The molecule has 18 heavy (non-hydrogen) atoms. The number of aliphatic imine (C=N–C) groups is 1. The first kappa shape index (κ1) is 13.2. The molecule has 0 saturated heterocycles. The molecule has 2 aromatic rings. The van der Waals surface area contributed by atoms with E-state index in [0.29, 0.717) is 0 Å². The molecule has 2 heterocycles. The Kier molecular flexibility index (Phi) is 3.83. The number of amidine groups is 1. The molecule has 1 aromatic carbocycles. The molecule has 0 fully saturated rings. The fourth-order valence-electron chi connectivity index (χ4n) is 2.32. The number of aromatic nitrogens is 1. The summed E-state index contributed by atoms with van der Waals surface area (Å²) in [4.78, 5) is 7.83. The molecule has 1 aliphatic heterocycles. The molecular formula is C13H15Cl2N3. The lowest BCUT2D eigenvalue weighted by molar-refractivity contribution is 0.953. The van der Waals surface area contributed by atoms with Gasteiger partial charge >= 0.3 is 0 Å². The zero-order chi connectivity index (χ0) is 11.8. The van der Waals surface area contributed by atoms with Crippen LogP contribution in [0.1, 0.15) is 11.3 Å². The number of hydrogen-bond donors (Lipinski definition) is 2. The second-order valence-electron chi connectivity index (χ2n) is 4.35. The van der Waals surface area contributed by atoms with E-state index >= 15 is 0 Å². The molecule has 0 radical (unpaired) electrons. The highest BCUT2D eigenvalue weighted by atomic mass is 35.5. The Balaban J connectivity index is 0.00000120. The van der Waals surface area contributed by atoms with Gasteiger partial charge < -0.3 is 10.3 Å². The molecule has 2 N–H and O–H groups in total. The average molecular weight is 284 g/mol. The van der Waals surface area contributed by atoms with Gasteiger partial charge in [-0.1, -0.05) is 11.6 Å². The van der Waals surface area contributed by atoms with Crippen LogP contribution in [0.3, 0.4) is 0 Å². The van der Waals surface area contributed by atoms with Gasteiger partial charge in [-0.2, -0.15) is 0 Å². The summed E-state index contributed by atoms with van der Waals surface area (Å²) in [7, 11) is 0. The van der Waals surface area contributed by atoms with Crippen LogP contribution < -0.4 is 5.32 Å². The number of fused-ring (bicyclic) bond motifs is 1. The molecule has 3 nitrogen and oxygen atoms in total. The van der Waals surface area contributed by atoms with Crippen LogP contribution in [-0.2, 0) is 6.42 Å². The van der Waals surface area contributed by atoms with Gasteiger partial charge in [-0.05, 0) is 30.7 Å². The van der Waals surface area contributed by atoms with E-state index in [1.54, 1.807) is 0 Å². The molecule has 5 heteroatoms. The van der Waals surface area contributed by atoms with Crippen LogP contribution in [0.5, 0.6) is 0 Å². The van der Waals surface area contributed by atoms with Crippen molar-refractivity contribution in [1.82, 2.24) is 10.3 Å². The van der Waals surface area contributed by atoms with E-state index in [2.05, 4.69) is 22.2 Å². The summed E-state index contributed by atoms with van der Waals surface area (Å²) >= 11 is 6.06. The number of rotatable bonds is 2. The zero-order valence-corrected chi connectivity index (χ0v) is 11.7. The maximum absolute atomic E-state index is 6.06. The van der Waals surface area contributed by atoms with Crippen molar-refractivity contribution in [3.8, 4) is 0 Å². The van der Waals surface area contributed by atoms with Crippen molar-refractivity contribution in [3.05, 3.63) is 34.5 Å². The van der Waals surface area contributed by atoms with Gasteiger partial charge in [0.05, 0.1) is 6.54 Å². The van der Waals surface area contributed by atoms with Crippen molar-refractivity contribution in [2.45, 2.75) is 13.3 Å². The van der Waals surface area contributed by atoms with E-state index in [4.69, 9.17) is 11.6 Å². The first-order valence-electron chi connectivity index (χ1n) is 5.78. The summed E-state index contributed by atoms with van der Waals surface area (Å²) in [6, 6.07) is 5.96. The van der Waals surface area contributed by atoms with Crippen molar-refractivity contribution in [1.29, 1.82) is 0 Å². The third-order valence-electron chi connectivity index (χ3n) is 3.17. The number of aromatic amines is 1. The third-order valence-corrected chi connectivity index (χ3v) is 3.40. The number of nitrogens with one attached hydrogen (secondary N) is 2. The fourth-order valence-corrected chi connectivity index (χ4v) is 2.49. The summed E-state index contributed by atoms with van der Waals surface area (Å²) in [5.74, 6) is 1.08. The molecule has 0 atom stereocenters. The van der Waals surface area contributed by atoms with E-state index in [0.717, 1.165) is 35.9 Å². The number of H-pyrrole nitrogens is 1. The largest absolute Gasteiger partial charge is 0.372 e. The normalized spacial score (nSPS) is 14.2. The summed E-state index contributed by atoms with van der Waals surface area (Å²) in [6.07, 6.45) is 0.853. The minimum absolute atomic E-state index is 0. The minimum Gasteiger partial charge on any atom is -0.372 e. The highest BCUT2D eigenvalue weighted by Gasteiger charge is 2.13. The summed E-state index contributed by atoms with van der Waals surface area (Å²) in [5.41, 5.74) is 3.62. The number of aryl methyl sites for hydroxylation is 1. The lowest BCUT2D eigenvalue weighted by Gasteiger charge is -2.03. The lowest BCUT2D eigenvalue weighted by Crippen LogP contribution is -2.20. The Morgan fingerprint density at radius 2 is 2.22 bits per heavy atom. The molecule has 96 valence electrons. The van der Waals surface area contributed by atoms with Gasteiger partial charge in [0.2, 0.25) is 0 Å². The van der Waals surface area contributed by atoms with Crippen molar-refractivity contribution < 1.29 is 0 Å². The van der Waals surface area contributed by atoms with Gasteiger partial charge in [-0.3, -0.25) is 4.99 Å². The second kappa shape index (κ2) is 5.21. The average Bonchev–Trinajstić information content (AvgIpc) is 2.90. The predicted octanol–water partition coefficient (Wildman–Crippen LogP) is 3.10. The van der Waals surface area contributed by atoms with E-state index in [1.807, 2.05) is 18.2 Å². The fraction of sp³-hybridized carbons (Fsp3) is 0.308. The van der Waals surface area contributed by atoms with Crippen LogP contribution in [0, 0.1) is 6.92 Å². The molecule has 1 aliphatic rings. The minimum atomic E-state index is 0. The van der Waals surface area contributed by atoms with Crippen LogP contribution in [0.25, 0.3) is 10.9 Å². The third kappa shape index (κ3) is 2.33. The van der Waals surface area contributed by atoms with Crippen molar-refractivity contribution in [3.63, 3.8) is 0 Å². The van der Waals surface area contributed by atoms with Crippen molar-refractivity contribution in [2.24, 2.45) is 4.99 Å². The highest BCUT2D eigenvalue weighted by Crippen LogP contribution is 2.25. The number of halogens is 2. The maximum atomic E-state index is 6.06. The number of hydrogen-bond acceptors (Lipinski definition) is 2. The SMILES string of the molecule is Cc1[nH]c2ccc(Cl)cc2c1CC1=NCCN1.Cl. The highest BCUT2D eigenvalue weighted by molar-refractivity contribution is 6.31. The zero-order valence-electron chi connectivity index (χ0n) is 10.1. The molecule has 0 aliphatic carbocycles. The predicted molar refractivity (Wildman–Crippen MR) is 79.3 cm³/mol. The monoisotopic (exact) mass is 283 g/mol. The first-order valence-corrected chi connectivity index (χ1v) is 6.16. The Hall–Kier alpha value is -1.19. The van der Waals surface area contributed by atoms with Crippen LogP contribution in [0.4, 0.5) is 0 Å². The number of benzene rings is 1. The summed E-state index contributed by atoms with van der Waals surface area (Å²) in [5, 5.41) is 5.28. The Morgan fingerprint density at radius 3 is 2.94 bits per heavy atom. The molecule has 0 spiro atoms. The van der Waals surface area contributed by atoms with Gasteiger partial charge in [0.1, 0.15) is 5.84 Å². The van der Waals surface area contributed by atoms with Crippen LogP contribution in [0.2, 0.25) is 5.02 Å². The van der Waals surface area contributed by atoms with Crippen molar-refractivity contribution in [2.75, 3.05) is 13.1 Å². The number of nitrogens with zero attached hydrogens (tertiary/aromatic N) is 1. The van der Waals surface area contributed by atoms with E-state index in [-0.39, 0.29) is 12.4 Å². The molecular weight excluding hydrogens is 269 g/mol. The van der Waals surface area contributed by atoms with Crippen LogP contribution >= 0.6 is 24.0 Å². The van der Waals surface area contributed by atoms with E-state index in [1.165, 1.54) is 16.6 Å². The standard InChI is InChI=1S/C13H14ClN3.ClH/c1-8-10(7-13-15-4-5-16-13)11-6-9(14)2-3-12(11)17-8;/h2-3,6,17H,4-5,7H2,1H3,(H,15,16);1H. The summed E-state index contributed by atoms with van der Waals surface area (Å²) < 4.78 is 0. The quantitative estimate of drug-likeness (QED) is 0.874. The van der Waals surface area contributed by atoms with Gasteiger partial charge in [-0.25, -0.2) is 0 Å². The van der Waals surface area contributed by atoms with Gasteiger partial charge in [0.25, 0.3) is 0 Å². The van der Waals surface area contributed by atoms with E-state index in [9.17, 15) is 0 Å². The second-order valence-corrected chi connectivity index (χ2v) is 4.79. The summed E-state index contributed by atoms with van der Waals surface area (Å²) in [6.45, 7) is 3.94. The Bertz CT molecular complexity index is 602. The van der Waals surface area contributed by atoms with Crippen LogP contribution in [0.15, 0.2) is 23.2 Å². The van der Waals surface area contributed by atoms with Crippen molar-refractivity contribution >= 4 is 40.7 Å².